The molecule has 0 radical (unpaired) electrons. The van der Waals surface area contributed by atoms with E-state index in [0.29, 0.717) is 28.2 Å². The molecular formula is C22H18O4. The van der Waals surface area contributed by atoms with Gasteiger partial charge in [-0.25, -0.2) is 0 Å². The molecule has 0 spiro atoms. The topological polar surface area (TPSA) is 52.6 Å². The minimum absolute atomic E-state index is 0.0240. The highest BCUT2D eigenvalue weighted by Gasteiger charge is 2.10. The summed E-state index contributed by atoms with van der Waals surface area (Å²) in [6.07, 6.45) is 0. The van der Waals surface area contributed by atoms with Gasteiger partial charge in [0.25, 0.3) is 0 Å². The number of carbonyl (C=O) groups is 2. The lowest BCUT2D eigenvalue weighted by Gasteiger charge is -2.08. The summed E-state index contributed by atoms with van der Waals surface area (Å²) in [5.41, 5.74) is 1.69. The summed E-state index contributed by atoms with van der Waals surface area (Å²) in [6, 6.07) is 20.9. The van der Waals surface area contributed by atoms with Crippen molar-refractivity contribution in [2.24, 2.45) is 0 Å². The summed E-state index contributed by atoms with van der Waals surface area (Å²) in [6.45, 7) is 1.50. The number of Topliss-reactive ketones (excluding diaryl/α,β-unsaturated/α-hetero) is 1. The Balaban J connectivity index is 1.71. The van der Waals surface area contributed by atoms with Crippen LogP contribution in [0.5, 0.6) is 17.2 Å². The van der Waals surface area contributed by atoms with Crippen molar-refractivity contribution in [3.05, 3.63) is 89.5 Å². The monoisotopic (exact) mass is 346 g/mol. The van der Waals surface area contributed by atoms with Crippen molar-refractivity contribution in [1.29, 1.82) is 0 Å². The first-order valence-corrected chi connectivity index (χ1v) is 8.14. The Morgan fingerprint density at radius 3 is 1.46 bits per heavy atom. The Bertz CT molecular complexity index is 908. The maximum atomic E-state index is 12.5. The van der Waals surface area contributed by atoms with Crippen LogP contribution in [0.15, 0.2) is 72.8 Å². The van der Waals surface area contributed by atoms with E-state index in [4.69, 9.17) is 9.47 Å². The number of hydrogen-bond acceptors (Lipinski definition) is 4. The Kier molecular flexibility index (Phi) is 5.13. The van der Waals surface area contributed by atoms with E-state index < -0.39 is 0 Å². The third-order valence-electron chi connectivity index (χ3n) is 3.97. The molecule has 0 amide bonds. The molecule has 0 aliphatic rings. The highest BCUT2D eigenvalue weighted by atomic mass is 16.5. The van der Waals surface area contributed by atoms with Crippen molar-refractivity contribution >= 4 is 11.6 Å². The second-order valence-corrected chi connectivity index (χ2v) is 5.76. The van der Waals surface area contributed by atoms with Gasteiger partial charge in [-0.1, -0.05) is 24.3 Å². The fourth-order valence-corrected chi connectivity index (χ4v) is 2.48. The third kappa shape index (κ3) is 3.98. The molecule has 3 aromatic rings. The van der Waals surface area contributed by atoms with Crippen LogP contribution in [0.3, 0.4) is 0 Å². The van der Waals surface area contributed by atoms with E-state index in [1.807, 2.05) is 24.3 Å². The molecule has 3 rings (SSSR count). The van der Waals surface area contributed by atoms with E-state index in [-0.39, 0.29) is 11.6 Å². The van der Waals surface area contributed by atoms with Crippen LogP contribution >= 0.6 is 0 Å². The van der Waals surface area contributed by atoms with E-state index in [1.54, 1.807) is 55.6 Å². The van der Waals surface area contributed by atoms with Gasteiger partial charge in [-0.15, -0.1) is 0 Å². The normalized spacial score (nSPS) is 10.2. The lowest BCUT2D eigenvalue weighted by molar-refractivity contribution is 0.101. The average Bonchev–Trinajstić information content (AvgIpc) is 2.69. The van der Waals surface area contributed by atoms with E-state index in [9.17, 15) is 9.59 Å². The van der Waals surface area contributed by atoms with Crippen LogP contribution in [0.1, 0.15) is 33.2 Å². The molecule has 0 aromatic heterocycles. The van der Waals surface area contributed by atoms with Crippen molar-refractivity contribution < 1.29 is 19.1 Å². The van der Waals surface area contributed by atoms with Crippen molar-refractivity contribution in [1.82, 2.24) is 0 Å². The Morgan fingerprint density at radius 2 is 1.00 bits per heavy atom. The second kappa shape index (κ2) is 7.66. The van der Waals surface area contributed by atoms with Crippen LogP contribution in [0.25, 0.3) is 0 Å². The molecular weight excluding hydrogens is 328 g/mol. The minimum Gasteiger partial charge on any atom is -0.497 e. The zero-order chi connectivity index (χ0) is 18.5. The molecule has 0 aliphatic carbocycles. The standard InChI is InChI=1S/C22H18O4/c1-15(23)16-3-5-17(6-4-16)22(24)18-7-9-20(10-8-18)26-21-13-11-19(25-2)12-14-21/h3-14H,1-2H3. The van der Waals surface area contributed by atoms with Gasteiger partial charge in [0.05, 0.1) is 7.11 Å². The summed E-state index contributed by atoms with van der Waals surface area (Å²) < 4.78 is 10.9. The van der Waals surface area contributed by atoms with Gasteiger partial charge in [0.1, 0.15) is 17.2 Å². The van der Waals surface area contributed by atoms with E-state index in [1.165, 1.54) is 6.92 Å². The van der Waals surface area contributed by atoms with Crippen molar-refractivity contribution in [2.45, 2.75) is 6.92 Å². The fraction of sp³-hybridized carbons (Fsp3) is 0.0909. The van der Waals surface area contributed by atoms with Gasteiger partial charge in [0.15, 0.2) is 11.6 Å². The lowest BCUT2D eigenvalue weighted by atomic mass is 10.0. The smallest absolute Gasteiger partial charge is 0.193 e. The molecule has 4 nitrogen and oxygen atoms in total. The number of ether oxygens (including phenoxy) is 2. The van der Waals surface area contributed by atoms with Gasteiger partial charge in [0.2, 0.25) is 0 Å². The molecule has 4 heteroatoms. The first-order valence-electron chi connectivity index (χ1n) is 8.14. The Morgan fingerprint density at radius 1 is 0.615 bits per heavy atom. The SMILES string of the molecule is COc1ccc(Oc2ccc(C(=O)c3ccc(C(C)=O)cc3)cc2)cc1. The second-order valence-electron chi connectivity index (χ2n) is 5.76. The number of ketones is 2. The molecule has 0 saturated heterocycles. The predicted octanol–water partition coefficient (Wildman–Crippen LogP) is 4.92. The van der Waals surface area contributed by atoms with E-state index in [0.717, 1.165) is 5.75 Å². The molecule has 0 heterocycles. The van der Waals surface area contributed by atoms with Crippen molar-refractivity contribution in [3.8, 4) is 17.2 Å². The van der Waals surface area contributed by atoms with E-state index >= 15 is 0 Å². The summed E-state index contributed by atoms with van der Waals surface area (Å²) in [5, 5.41) is 0. The fourth-order valence-electron chi connectivity index (χ4n) is 2.48. The molecule has 26 heavy (non-hydrogen) atoms. The number of methoxy groups -OCH3 is 1. The molecule has 0 bridgehead atoms. The Hall–Kier alpha value is -3.40. The van der Waals surface area contributed by atoms with Crippen LogP contribution in [0.4, 0.5) is 0 Å². The Labute approximate surface area is 152 Å². The summed E-state index contributed by atoms with van der Waals surface area (Å²) in [4.78, 5) is 23.8. The molecule has 3 aromatic carbocycles. The largest absolute Gasteiger partial charge is 0.497 e. The van der Waals surface area contributed by atoms with Gasteiger partial charge in [-0.2, -0.15) is 0 Å². The van der Waals surface area contributed by atoms with Gasteiger partial charge < -0.3 is 9.47 Å². The first-order chi connectivity index (χ1) is 12.6. The van der Waals surface area contributed by atoms with Gasteiger partial charge >= 0.3 is 0 Å². The maximum absolute atomic E-state index is 12.5. The third-order valence-corrected chi connectivity index (χ3v) is 3.97. The van der Waals surface area contributed by atoms with Gasteiger partial charge in [-0.3, -0.25) is 9.59 Å². The molecule has 0 unspecified atom stereocenters. The molecule has 0 aliphatic heterocycles. The molecule has 0 N–H and O–H groups in total. The van der Waals surface area contributed by atoms with E-state index in [2.05, 4.69) is 0 Å². The summed E-state index contributed by atoms with van der Waals surface area (Å²) in [5.74, 6) is 1.96. The maximum Gasteiger partial charge on any atom is 0.193 e. The summed E-state index contributed by atoms with van der Waals surface area (Å²) >= 11 is 0. The van der Waals surface area contributed by atoms with Crippen LogP contribution in [-0.2, 0) is 0 Å². The van der Waals surface area contributed by atoms with Crippen LogP contribution < -0.4 is 9.47 Å². The number of carbonyl (C=O) groups excluding carboxylic acids is 2. The van der Waals surface area contributed by atoms with Crippen LogP contribution in [0.2, 0.25) is 0 Å². The number of rotatable bonds is 6. The zero-order valence-electron chi connectivity index (χ0n) is 14.6. The molecule has 0 fully saturated rings. The zero-order valence-corrected chi connectivity index (χ0v) is 14.6. The van der Waals surface area contributed by atoms with Crippen LogP contribution in [-0.4, -0.2) is 18.7 Å². The number of benzene rings is 3. The van der Waals surface area contributed by atoms with Gasteiger partial charge in [-0.05, 0) is 55.5 Å². The first kappa shape index (κ1) is 17.4. The highest BCUT2D eigenvalue weighted by Crippen LogP contribution is 2.24. The van der Waals surface area contributed by atoms with Crippen molar-refractivity contribution in [3.63, 3.8) is 0 Å². The van der Waals surface area contributed by atoms with Crippen LogP contribution in [0, 0.1) is 0 Å². The predicted molar refractivity (Wildman–Crippen MR) is 99.4 cm³/mol. The van der Waals surface area contributed by atoms with Gasteiger partial charge in [0, 0.05) is 16.7 Å². The highest BCUT2D eigenvalue weighted by molar-refractivity contribution is 6.09. The number of hydrogen-bond donors (Lipinski definition) is 0. The minimum atomic E-state index is -0.101. The molecule has 0 saturated carbocycles. The molecule has 0 atom stereocenters. The molecule has 130 valence electrons. The average molecular weight is 346 g/mol. The quantitative estimate of drug-likeness (QED) is 0.594. The lowest BCUT2D eigenvalue weighted by Crippen LogP contribution is -2.02. The van der Waals surface area contributed by atoms with Crippen molar-refractivity contribution in [2.75, 3.05) is 7.11 Å². The summed E-state index contributed by atoms with van der Waals surface area (Å²) in [7, 11) is 1.61.